The Balaban J connectivity index is 1.29. The third-order valence-electron chi connectivity index (χ3n) is 7.29. The summed E-state index contributed by atoms with van der Waals surface area (Å²) in [7, 11) is 1.71. The Labute approximate surface area is 201 Å². The molecule has 1 N–H and O–H groups in total. The van der Waals surface area contributed by atoms with Crippen molar-refractivity contribution in [1.29, 1.82) is 0 Å². The van der Waals surface area contributed by atoms with E-state index >= 15 is 0 Å². The van der Waals surface area contributed by atoms with Crippen LogP contribution < -0.4 is 14.8 Å². The van der Waals surface area contributed by atoms with Crippen molar-refractivity contribution in [3.05, 3.63) is 65.5 Å². The maximum atomic E-state index is 5.78. The molecule has 0 atom stereocenters. The molecule has 7 nitrogen and oxygen atoms in total. The minimum absolute atomic E-state index is 0.186. The fraction of sp³-hybridized carbons (Fsp3) is 0.519. The predicted octanol–water partition coefficient (Wildman–Crippen LogP) is 4.80. The number of nitrogens with one attached hydrogen (secondary N) is 1. The minimum Gasteiger partial charge on any atom is -0.497 e. The highest BCUT2D eigenvalue weighted by Crippen LogP contribution is 2.51. The van der Waals surface area contributed by atoms with Crippen molar-refractivity contribution >= 4 is 0 Å². The lowest BCUT2D eigenvalue weighted by molar-refractivity contribution is 0.124. The zero-order chi connectivity index (χ0) is 23.5. The van der Waals surface area contributed by atoms with Crippen LogP contribution in [-0.2, 0) is 12.0 Å². The number of rotatable bonds is 10. The van der Waals surface area contributed by atoms with Gasteiger partial charge < -0.3 is 14.8 Å². The van der Waals surface area contributed by atoms with Gasteiger partial charge in [-0.2, -0.15) is 0 Å². The Kier molecular flexibility index (Phi) is 6.55. The Bertz CT molecular complexity index is 1070. The second-order valence-corrected chi connectivity index (χ2v) is 9.98. The van der Waals surface area contributed by atoms with Crippen molar-refractivity contribution in [2.75, 3.05) is 13.7 Å². The number of benzene rings is 2. The first-order valence-electron chi connectivity index (χ1n) is 12.5. The Morgan fingerprint density at radius 3 is 2.35 bits per heavy atom. The summed E-state index contributed by atoms with van der Waals surface area (Å²) >= 11 is 0. The highest BCUT2D eigenvalue weighted by atomic mass is 16.5. The highest BCUT2D eigenvalue weighted by Gasteiger charge is 2.50. The molecule has 7 heteroatoms. The maximum Gasteiger partial charge on any atom is 0.171 e. The van der Waals surface area contributed by atoms with Gasteiger partial charge in [-0.05, 0) is 104 Å². The molecule has 0 radical (unpaired) electrons. The topological polar surface area (TPSA) is 74.1 Å². The van der Waals surface area contributed by atoms with Crippen LogP contribution in [0.5, 0.6) is 11.5 Å². The molecule has 2 aliphatic rings. The monoisotopic (exact) mass is 461 g/mol. The van der Waals surface area contributed by atoms with Crippen LogP contribution in [0.25, 0.3) is 0 Å². The fourth-order valence-corrected chi connectivity index (χ4v) is 5.14. The highest BCUT2D eigenvalue weighted by molar-refractivity contribution is 5.33. The lowest BCUT2D eigenvalue weighted by Crippen LogP contribution is -2.54. The number of nitrogens with zero attached hydrogens (tertiary/aromatic N) is 4. The van der Waals surface area contributed by atoms with E-state index in [1.807, 2.05) is 26.0 Å². The normalized spacial score (nSPS) is 22.3. The number of ether oxygens (including phenoxy) is 2. The van der Waals surface area contributed by atoms with Gasteiger partial charge in [0.15, 0.2) is 5.82 Å². The van der Waals surface area contributed by atoms with Crippen LogP contribution in [0.4, 0.5) is 0 Å². The van der Waals surface area contributed by atoms with Crippen molar-refractivity contribution in [3.8, 4) is 11.5 Å². The van der Waals surface area contributed by atoms with Gasteiger partial charge in [-0.1, -0.05) is 24.3 Å². The van der Waals surface area contributed by atoms with E-state index in [9.17, 15) is 0 Å². The van der Waals surface area contributed by atoms with Crippen molar-refractivity contribution < 1.29 is 9.47 Å². The van der Waals surface area contributed by atoms with Crippen molar-refractivity contribution in [2.45, 2.75) is 76.0 Å². The summed E-state index contributed by atoms with van der Waals surface area (Å²) in [5, 5.41) is 16.9. The van der Waals surface area contributed by atoms with Crippen LogP contribution in [0.1, 0.15) is 74.9 Å². The van der Waals surface area contributed by atoms with Crippen LogP contribution in [0.2, 0.25) is 0 Å². The average molecular weight is 462 g/mol. The molecule has 180 valence electrons. The van der Waals surface area contributed by atoms with Gasteiger partial charge in [-0.3, -0.25) is 0 Å². The molecule has 0 amide bonds. The van der Waals surface area contributed by atoms with Gasteiger partial charge in [0, 0.05) is 6.54 Å². The molecule has 34 heavy (non-hydrogen) atoms. The van der Waals surface area contributed by atoms with Crippen LogP contribution in [-0.4, -0.2) is 40.0 Å². The number of hydrogen-bond acceptors (Lipinski definition) is 6. The first-order chi connectivity index (χ1) is 16.6. The maximum absolute atomic E-state index is 5.78. The molecule has 0 saturated heterocycles. The zero-order valence-electron chi connectivity index (χ0n) is 20.4. The van der Waals surface area contributed by atoms with Crippen LogP contribution in [0.3, 0.4) is 0 Å². The van der Waals surface area contributed by atoms with Crippen LogP contribution in [0.15, 0.2) is 48.5 Å². The van der Waals surface area contributed by atoms with E-state index in [0.29, 0.717) is 12.0 Å². The molecule has 2 fully saturated rings. The third-order valence-corrected chi connectivity index (χ3v) is 7.29. The first-order valence-corrected chi connectivity index (χ1v) is 12.5. The fourth-order valence-electron chi connectivity index (χ4n) is 5.14. The molecular weight excluding hydrogens is 426 g/mol. The van der Waals surface area contributed by atoms with E-state index in [1.165, 1.54) is 30.4 Å². The third kappa shape index (κ3) is 4.67. The molecular formula is C27H35N5O2. The molecule has 5 rings (SSSR count). The largest absolute Gasteiger partial charge is 0.497 e. The van der Waals surface area contributed by atoms with Gasteiger partial charge >= 0.3 is 0 Å². The van der Waals surface area contributed by atoms with E-state index in [2.05, 4.69) is 61.9 Å². The number of methoxy groups -OCH3 is 1. The second-order valence-electron chi connectivity index (χ2n) is 9.98. The number of hydrogen-bond donors (Lipinski definition) is 1. The van der Waals surface area contributed by atoms with Gasteiger partial charge in [0.25, 0.3) is 0 Å². The van der Waals surface area contributed by atoms with E-state index in [4.69, 9.17) is 9.47 Å². The van der Waals surface area contributed by atoms with E-state index in [0.717, 1.165) is 43.1 Å². The van der Waals surface area contributed by atoms with Crippen LogP contribution >= 0.6 is 0 Å². The quantitative estimate of drug-likeness (QED) is 0.468. The number of tetrazole rings is 1. The summed E-state index contributed by atoms with van der Waals surface area (Å²) in [4.78, 5) is 0. The van der Waals surface area contributed by atoms with Crippen molar-refractivity contribution in [3.63, 3.8) is 0 Å². The van der Waals surface area contributed by atoms with Gasteiger partial charge in [0.05, 0.1) is 24.8 Å². The van der Waals surface area contributed by atoms with Gasteiger partial charge in [0.1, 0.15) is 11.5 Å². The molecule has 0 unspecified atom stereocenters. The summed E-state index contributed by atoms with van der Waals surface area (Å²) in [6, 6.07) is 17.3. The molecule has 1 aromatic heterocycles. The Hall–Kier alpha value is -2.93. The van der Waals surface area contributed by atoms with Crippen molar-refractivity contribution in [1.82, 2.24) is 25.5 Å². The molecule has 1 heterocycles. The Morgan fingerprint density at radius 2 is 1.74 bits per heavy atom. The summed E-state index contributed by atoms with van der Waals surface area (Å²) in [5.74, 6) is 3.30. The summed E-state index contributed by atoms with van der Waals surface area (Å²) in [6.07, 6.45) is 6.71. The zero-order valence-corrected chi connectivity index (χ0v) is 20.4. The lowest BCUT2D eigenvalue weighted by Gasteiger charge is -2.48. The smallest absolute Gasteiger partial charge is 0.171 e. The standard InChI is InChI=1S/C27H35N5O2/c1-19(2)34-25-11-7-20(8-12-25)15-16-28-27(26-29-30-31-32(26)23-5-4-6-23)17-22(18-27)21-9-13-24(33-3)14-10-21/h7-14,19,22-23,28H,4-6,15-18H2,1-3H3. The SMILES string of the molecule is COc1ccc(C2CC(NCCc3ccc(OC(C)C)cc3)(c3nnnn3C3CCC3)C2)cc1. The van der Waals surface area contributed by atoms with Crippen LogP contribution in [0, 0.1) is 0 Å². The molecule has 0 bridgehead atoms. The van der Waals surface area contributed by atoms with E-state index < -0.39 is 0 Å². The number of aromatic nitrogens is 4. The van der Waals surface area contributed by atoms with E-state index in [1.54, 1.807) is 7.11 Å². The molecule has 3 aromatic rings. The Morgan fingerprint density at radius 1 is 1.03 bits per heavy atom. The summed E-state index contributed by atoms with van der Waals surface area (Å²) < 4.78 is 13.2. The van der Waals surface area contributed by atoms with Gasteiger partial charge in [-0.15, -0.1) is 5.10 Å². The van der Waals surface area contributed by atoms with Crippen molar-refractivity contribution in [2.24, 2.45) is 0 Å². The van der Waals surface area contributed by atoms with E-state index in [-0.39, 0.29) is 11.6 Å². The molecule has 2 saturated carbocycles. The lowest BCUT2D eigenvalue weighted by atomic mass is 9.64. The first kappa shape index (κ1) is 22.8. The van der Waals surface area contributed by atoms with Gasteiger partial charge in [0.2, 0.25) is 0 Å². The average Bonchev–Trinajstić information content (AvgIpc) is 3.24. The molecule has 2 aliphatic carbocycles. The second kappa shape index (κ2) is 9.74. The molecule has 0 spiro atoms. The molecule has 2 aromatic carbocycles. The summed E-state index contributed by atoms with van der Waals surface area (Å²) in [5.41, 5.74) is 2.45. The summed E-state index contributed by atoms with van der Waals surface area (Å²) in [6.45, 7) is 4.97. The predicted molar refractivity (Wildman–Crippen MR) is 131 cm³/mol. The molecule has 0 aliphatic heterocycles. The van der Waals surface area contributed by atoms with Gasteiger partial charge in [-0.25, -0.2) is 4.68 Å². The minimum atomic E-state index is -0.190.